The second-order valence-corrected chi connectivity index (χ2v) is 13.6. The number of carbonyl (C=O) groups is 1. The Balaban J connectivity index is 2.49. The Morgan fingerprint density at radius 2 is 2.00 bits per heavy atom. The second-order valence-electron chi connectivity index (χ2n) is 8.01. The number of ketones is 1. The van der Waals surface area contributed by atoms with Gasteiger partial charge in [-0.05, 0) is 59.0 Å². The fourth-order valence-corrected chi connectivity index (χ4v) is 4.33. The maximum atomic E-state index is 12.6. The largest absolute Gasteiger partial charge is 0.481 e. The van der Waals surface area contributed by atoms with Gasteiger partial charge in [0.25, 0.3) is 0 Å². The number of aromatic nitrogens is 1. The summed E-state index contributed by atoms with van der Waals surface area (Å²) in [5.74, 6) is 0.433. The number of hydrogen-bond acceptors (Lipinski definition) is 4. The molecule has 0 bridgehead atoms. The smallest absolute Gasteiger partial charge is 0.213 e. The summed E-state index contributed by atoms with van der Waals surface area (Å²) in [6.07, 6.45) is 4.92. The average molecular weight is 426 g/mol. The van der Waals surface area contributed by atoms with Gasteiger partial charge in [0.1, 0.15) is 0 Å². The number of allylic oxidation sites excluding steroid dienone is 2. The van der Waals surface area contributed by atoms with Crippen LogP contribution in [0.3, 0.4) is 0 Å². The molecule has 2 atom stereocenters. The summed E-state index contributed by atoms with van der Waals surface area (Å²) in [6.45, 7) is 11.0. The Kier molecular flexibility index (Phi) is 6.28. The van der Waals surface area contributed by atoms with Gasteiger partial charge in [-0.3, -0.25) is 4.79 Å². The Morgan fingerprint density at radius 1 is 1.32 bits per heavy atom. The highest BCUT2D eigenvalue weighted by molar-refractivity contribution is 9.10. The predicted octanol–water partition coefficient (Wildman–Crippen LogP) is 5.45. The highest BCUT2D eigenvalue weighted by Crippen LogP contribution is 2.44. The van der Waals surface area contributed by atoms with E-state index in [0.29, 0.717) is 5.88 Å². The highest BCUT2D eigenvalue weighted by atomic mass is 79.9. The van der Waals surface area contributed by atoms with Crippen molar-refractivity contribution in [1.82, 2.24) is 4.98 Å². The van der Waals surface area contributed by atoms with Gasteiger partial charge in [-0.1, -0.05) is 26.8 Å². The Morgan fingerprint density at radius 3 is 2.56 bits per heavy atom. The number of hydrogen-bond donors (Lipinski definition) is 0. The van der Waals surface area contributed by atoms with Crippen molar-refractivity contribution in [3.63, 3.8) is 0 Å². The number of ether oxygens (including phenoxy) is 1. The molecule has 0 saturated carbocycles. The third-order valence-electron chi connectivity index (χ3n) is 5.21. The molecular formula is C19H28BrNO3Si. The summed E-state index contributed by atoms with van der Waals surface area (Å²) in [5.41, 5.74) is 0.748. The quantitative estimate of drug-likeness (QED) is 0.588. The van der Waals surface area contributed by atoms with Crippen LogP contribution in [0.1, 0.15) is 45.4 Å². The third-order valence-corrected chi connectivity index (χ3v) is 10.3. The van der Waals surface area contributed by atoms with Crippen LogP contribution in [0.4, 0.5) is 0 Å². The van der Waals surface area contributed by atoms with Crippen LogP contribution in [0.5, 0.6) is 5.88 Å². The summed E-state index contributed by atoms with van der Waals surface area (Å²) in [7, 11) is -0.497. The molecule has 6 heteroatoms. The zero-order chi connectivity index (χ0) is 18.8. The molecule has 4 nitrogen and oxygen atoms in total. The van der Waals surface area contributed by atoms with Gasteiger partial charge in [-0.15, -0.1) is 0 Å². The molecule has 2 rings (SSSR count). The Bertz CT molecular complexity index is 667. The van der Waals surface area contributed by atoms with E-state index in [9.17, 15) is 4.79 Å². The van der Waals surface area contributed by atoms with E-state index in [2.05, 4.69) is 54.8 Å². The van der Waals surface area contributed by atoms with E-state index in [0.717, 1.165) is 23.0 Å². The van der Waals surface area contributed by atoms with Crippen molar-refractivity contribution in [2.24, 2.45) is 5.92 Å². The topological polar surface area (TPSA) is 48.4 Å². The maximum absolute atomic E-state index is 12.6. The van der Waals surface area contributed by atoms with Crippen LogP contribution in [0.25, 0.3) is 0 Å². The molecular weight excluding hydrogens is 398 g/mol. The lowest BCUT2D eigenvalue weighted by molar-refractivity contribution is -0.122. The maximum Gasteiger partial charge on any atom is 0.213 e. The summed E-state index contributed by atoms with van der Waals surface area (Å²) in [5, 5.41) is 0.0458. The van der Waals surface area contributed by atoms with E-state index in [1.165, 1.54) is 0 Å². The lowest BCUT2D eigenvalue weighted by Crippen LogP contribution is -2.44. The van der Waals surface area contributed by atoms with Crippen LogP contribution in [0.15, 0.2) is 28.8 Å². The normalized spacial score (nSPS) is 19.8. The molecule has 0 radical (unpaired) electrons. The van der Waals surface area contributed by atoms with Crippen LogP contribution in [-0.2, 0) is 9.22 Å². The summed E-state index contributed by atoms with van der Waals surface area (Å²) >= 11 is 3.59. The fraction of sp³-hybridized carbons (Fsp3) is 0.579. The fourth-order valence-electron chi connectivity index (χ4n) is 2.62. The van der Waals surface area contributed by atoms with Crippen LogP contribution in [0.2, 0.25) is 18.1 Å². The molecule has 0 saturated heterocycles. The molecule has 0 spiro atoms. The Labute approximate surface area is 160 Å². The zero-order valence-electron chi connectivity index (χ0n) is 15.9. The molecule has 1 aliphatic rings. The molecule has 25 heavy (non-hydrogen) atoms. The van der Waals surface area contributed by atoms with E-state index >= 15 is 0 Å². The standard InChI is InChI=1S/C19H28BrNO3Si/c1-19(2,3)25(5,6)24-18(13-9-7-8-10-15(13)22)17-14(20)11-12-16(21-17)23-4/h8,10-13,18H,7,9H2,1-6H3/t13-,18?/m0/s1. The van der Waals surface area contributed by atoms with Gasteiger partial charge >= 0.3 is 0 Å². The first-order chi connectivity index (χ1) is 11.6. The first kappa shape index (κ1) is 20.3. The third kappa shape index (κ3) is 4.60. The Hall–Kier alpha value is -0.983. The number of methoxy groups -OCH3 is 1. The van der Waals surface area contributed by atoms with Gasteiger partial charge in [0.05, 0.1) is 24.8 Å². The molecule has 1 aromatic rings. The van der Waals surface area contributed by atoms with Crippen molar-refractivity contribution < 1.29 is 14.0 Å². The van der Waals surface area contributed by atoms with Crippen LogP contribution < -0.4 is 4.74 Å². The first-order valence-electron chi connectivity index (χ1n) is 8.65. The monoisotopic (exact) mass is 425 g/mol. The molecule has 1 heterocycles. The molecule has 0 aromatic carbocycles. The molecule has 0 aliphatic heterocycles. The van der Waals surface area contributed by atoms with Crippen molar-refractivity contribution >= 4 is 30.0 Å². The molecule has 1 aliphatic carbocycles. The van der Waals surface area contributed by atoms with Crippen LogP contribution in [0, 0.1) is 5.92 Å². The molecule has 1 unspecified atom stereocenters. The minimum absolute atomic E-state index is 0.0458. The lowest BCUT2D eigenvalue weighted by atomic mass is 9.86. The minimum Gasteiger partial charge on any atom is -0.481 e. The lowest BCUT2D eigenvalue weighted by Gasteiger charge is -2.41. The number of rotatable bonds is 5. The number of nitrogens with zero attached hydrogens (tertiary/aromatic N) is 1. The number of halogens is 1. The van der Waals surface area contributed by atoms with Crippen molar-refractivity contribution in [3.8, 4) is 5.88 Å². The van der Waals surface area contributed by atoms with Crippen molar-refractivity contribution in [3.05, 3.63) is 34.5 Å². The van der Waals surface area contributed by atoms with Gasteiger partial charge in [0.15, 0.2) is 14.1 Å². The molecule has 0 fully saturated rings. The minimum atomic E-state index is -2.09. The number of pyridine rings is 1. The van der Waals surface area contributed by atoms with E-state index < -0.39 is 8.32 Å². The zero-order valence-corrected chi connectivity index (χ0v) is 18.5. The summed E-state index contributed by atoms with van der Waals surface area (Å²) < 4.78 is 12.9. The van der Waals surface area contributed by atoms with Crippen molar-refractivity contribution in [2.75, 3.05) is 7.11 Å². The van der Waals surface area contributed by atoms with Gasteiger partial charge in [0.2, 0.25) is 5.88 Å². The highest BCUT2D eigenvalue weighted by Gasteiger charge is 2.43. The van der Waals surface area contributed by atoms with E-state index in [-0.39, 0.29) is 22.8 Å². The molecule has 0 N–H and O–H groups in total. The van der Waals surface area contributed by atoms with Crippen LogP contribution in [-0.4, -0.2) is 26.2 Å². The van der Waals surface area contributed by atoms with Crippen LogP contribution >= 0.6 is 15.9 Å². The SMILES string of the molecule is COc1ccc(Br)c(C(O[Si](C)(C)C(C)(C)C)[C@H]2CCC=CC2=O)n1. The van der Waals surface area contributed by atoms with Gasteiger partial charge < -0.3 is 9.16 Å². The summed E-state index contributed by atoms with van der Waals surface area (Å²) in [4.78, 5) is 17.2. The first-order valence-corrected chi connectivity index (χ1v) is 12.4. The predicted molar refractivity (Wildman–Crippen MR) is 106 cm³/mol. The van der Waals surface area contributed by atoms with Crippen molar-refractivity contribution in [1.29, 1.82) is 0 Å². The van der Waals surface area contributed by atoms with E-state index in [4.69, 9.17) is 9.16 Å². The van der Waals surface area contributed by atoms with Gasteiger partial charge in [-0.2, -0.15) is 0 Å². The number of carbonyl (C=O) groups excluding carboxylic acids is 1. The van der Waals surface area contributed by atoms with Gasteiger partial charge in [-0.25, -0.2) is 4.98 Å². The molecule has 0 amide bonds. The second kappa shape index (κ2) is 7.72. The van der Waals surface area contributed by atoms with E-state index in [1.54, 1.807) is 19.3 Å². The molecule has 138 valence electrons. The van der Waals surface area contributed by atoms with E-state index in [1.807, 2.05) is 12.1 Å². The van der Waals surface area contributed by atoms with Gasteiger partial charge in [0, 0.05) is 10.5 Å². The van der Waals surface area contributed by atoms with Crippen molar-refractivity contribution in [2.45, 2.75) is 57.8 Å². The molecule has 1 aromatic heterocycles. The summed E-state index contributed by atoms with van der Waals surface area (Å²) in [6, 6.07) is 3.71. The average Bonchev–Trinajstić information content (AvgIpc) is 2.53.